The molecule has 23 heavy (non-hydrogen) atoms. The van der Waals surface area contributed by atoms with E-state index in [1.54, 1.807) is 0 Å². The fourth-order valence-corrected chi connectivity index (χ4v) is 2.03. The molecule has 0 radical (unpaired) electrons. The SMILES string of the molecule is CO/N=C(\C(=O)[O-])c1nsc(NC(=O)OCc2ccccc2)n1. The summed E-state index contributed by atoms with van der Waals surface area (Å²) in [4.78, 5) is 30.7. The Hall–Kier alpha value is -3.01. The lowest BCUT2D eigenvalue weighted by Crippen LogP contribution is -2.33. The summed E-state index contributed by atoms with van der Waals surface area (Å²) in [6, 6.07) is 9.12. The maximum atomic E-state index is 11.6. The van der Waals surface area contributed by atoms with E-state index in [-0.39, 0.29) is 17.6 Å². The van der Waals surface area contributed by atoms with E-state index in [1.165, 1.54) is 7.11 Å². The van der Waals surface area contributed by atoms with Crippen LogP contribution in [-0.2, 0) is 21.0 Å². The molecule has 2 rings (SSSR count). The van der Waals surface area contributed by atoms with Gasteiger partial charge in [0.15, 0.2) is 11.5 Å². The lowest BCUT2D eigenvalue weighted by molar-refractivity contribution is -0.294. The molecule has 0 saturated carbocycles. The Morgan fingerprint density at radius 1 is 1.35 bits per heavy atom. The van der Waals surface area contributed by atoms with Gasteiger partial charge < -0.3 is 19.5 Å². The number of hydrogen-bond acceptors (Lipinski definition) is 9. The summed E-state index contributed by atoms with van der Waals surface area (Å²) in [6.07, 6.45) is -0.741. The first-order valence-corrected chi connectivity index (χ1v) is 7.01. The number of amides is 1. The van der Waals surface area contributed by atoms with Gasteiger partial charge in [-0.05, 0) is 5.56 Å². The Labute approximate surface area is 134 Å². The zero-order valence-electron chi connectivity index (χ0n) is 11.9. The first kappa shape index (κ1) is 16.4. The van der Waals surface area contributed by atoms with E-state index in [4.69, 9.17) is 4.74 Å². The average Bonchev–Trinajstić information content (AvgIpc) is 2.99. The number of aliphatic carboxylic acids is 1. The average molecular weight is 335 g/mol. The van der Waals surface area contributed by atoms with Crippen molar-refractivity contribution in [3.63, 3.8) is 0 Å². The molecule has 1 aromatic heterocycles. The molecule has 0 aliphatic carbocycles. The van der Waals surface area contributed by atoms with Crippen molar-refractivity contribution in [1.82, 2.24) is 9.36 Å². The van der Waals surface area contributed by atoms with Crippen LogP contribution in [0, 0.1) is 0 Å². The Morgan fingerprint density at radius 3 is 2.74 bits per heavy atom. The van der Waals surface area contributed by atoms with Gasteiger partial charge in [0.25, 0.3) is 0 Å². The van der Waals surface area contributed by atoms with Crippen molar-refractivity contribution in [1.29, 1.82) is 0 Å². The standard InChI is InChI=1S/C13H12N4O5S/c1-21-16-9(11(18)19)10-14-12(23-17-10)15-13(20)22-7-8-5-3-2-4-6-8/h2-6H,7H2,1H3,(H,18,19)(H,14,15,17,20)/p-1/b16-9-. The fraction of sp³-hybridized carbons (Fsp3) is 0.154. The monoisotopic (exact) mass is 335 g/mol. The van der Waals surface area contributed by atoms with Gasteiger partial charge in [0.2, 0.25) is 5.13 Å². The normalized spacial score (nSPS) is 10.9. The number of carbonyl (C=O) groups is 2. The molecule has 0 atom stereocenters. The van der Waals surface area contributed by atoms with Crippen LogP contribution in [0.15, 0.2) is 35.5 Å². The number of rotatable bonds is 6. The minimum Gasteiger partial charge on any atom is -0.543 e. The van der Waals surface area contributed by atoms with Gasteiger partial charge in [0, 0.05) is 11.5 Å². The minimum atomic E-state index is -1.59. The number of nitrogens with zero attached hydrogens (tertiary/aromatic N) is 3. The van der Waals surface area contributed by atoms with Crippen molar-refractivity contribution < 1.29 is 24.3 Å². The fourth-order valence-electron chi connectivity index (χ4n) is 1.48. The number of ether oxygens (including phenoxy) is 1. The molecule has 0 saturated heterocycles. The van der Waals surface area contributed by atoms with Crippen LogP contribution in [-0.4, -0.2) is 34.2 Å². The molecule has 0 bridgehead atoms. The van der Waals surface area contributed by atoms with E-state index in [0.29, 0.717) is 0 Å². The Balaban J connectivity index is 1.94. The number of benzene rings is 1. The molecule has 1 amide bonds. The quantitative estimate of drug-likeness (QED) is 0.597. The van der Waals surface area contributed by atoms with Gasteiger partial charge in [-0.25, -0.2) is 4.79 Å². The molecule has 120 valence electrons. The van der Waals surface area contributed by atoms with Crippen molar-refractivity contribution in [3.8, 4) is 0 Å². The highest BCUT2D eigenvalue weighted by atomic mass is 32.1. The van der Waals surface area contributed by atoms with Crippen molar-refractivity contribution in [2.45, 2.75) is 6.61 Å². The number of carboxylic acid groups (broad SMARTS) is 1. The lowest BCUT2D eigenvalue weighted by Gasteiger charge is -2.04. The van der Waals surface area contributed by atoms with Gasteiger partial charge >= 0.3 is 6.09 Å². The Bertz CT molecular complexity index is 716. The number of nitrogens with one attached hydrogen (secondary N) is 1. The first-order valence-electron chi connectivity index (χ1n) is 6.24. The minimum absolute atomic E-state index is 0.0584. The predicted molar refractivity (Wildman–Crippen MR) is 78.7 cm³/mol. The number of oxime groups is 1. The van der Waals surface area contributed by atoms with Crippen molar-refractivity contribution >= 4 is 34.4 Å². The van der Waals surface area contributed by atoms with Gasteiger partial charge in [-0.3, -0.25) is 5.32 Å². The van der Waals surface area contributed by atoms with Gasteiger partial charge in [0.1, 0.15) is 13.7 Å². The summed E-state index contributed by atoms with van der Waals surface area (Å²) in [5.41, 5.74) is 0.251. The van der Waals surface area contributed by atoms with E-state index in [2.05, 4.69) is 24.7 Å². The summed E-state index contributed by atoms with van der Waals surface area (Å²) < 4.78 is 8.76. The highest BCUT2D eigenvalue weighted by molar-refractivity contribution is 7.10. The van der Waals surface area contributed by atoms with Crippen LogP contribution in [0.1, 0.15) is 11.4 Å². The van der Waals surface area contributed by atoms with Gasteiger partial charge in [0.05, 0.1) is 5.97 Å². The van der Waals surface area contributed by atoms with Crippen LogP contribution in [0.3, 0.4) is 0 Å². The molecule has 1 heterocycles. The molecule has 0 unspecified atom stereocenters. The van der Waals surface area contributed by atoms with Crippen molar-refractivity contribution in [2.24, 2.45) is 5.16 Å². The molecule has 9 nitrogen and oxygen atoms in total. The van der Waals surface area contributed by atoms with Crippen LogP contribution in [0.2, 0.25) is 0 Å². The van der Waals surface area contributed by atoms with Crippen LogP contribution in [0.5, 0.6) is 0 Å². The summed E-state index contributed by atoms with van der Waals surface area (Å²) in [6.45, 7) is 0.0910. The molecule has 1 aromatic carbocycles. The highest BCUT2D eigenvalue weighted by Gasteiger charge is 2.15. The molecule has 10 heteroatoms. The molecule has 0 spiro atoms. The predicted octanol–water partition coefficient (Wildman–Crippen LogP) is 0.387. The van der Waals surface area contributed by atoms with Gasteiger partial charge in [-0.2, -0.15) is 9.36 Å². The van der Waals surface area contributed by atoms with Crippen LogP contribution in [0.25, 0.3) is 0 Å². The zero-order chi connectivity index (χ0) is 16.7. The second-order valence-corrected chi connectivity index (χ2v) is 4.77. The lowest BCUT2D eigenvalue weighted by atomic mass is 10.2. The smallest absolute Gasteiger partial charge is 0.413 e. The molecule has 0 aliphatic heterocycles. The summed E-state index contributed by atoms with van der Waals surface area (Å²) >= 11 is 0.771. The number of aromatic nitrogens is 2. The van der Waals surface area contributed by atoms with E-state index < -0.39 is 17.8 Å². The summed E-state index contributed by atoms with van der Waals surface area (Å²) in [5, 5.41) is 16.5. The van der Waals surface area contributed by atoms with Gasteiger partial charge in [-0.1, -0.05) is 35.5 Å². The van der Waals surface area contributed by atoms with Crippen LogP contribution < -0.4 is 10.4 Å². The number of carboxylic acids is 1. The third-order valence-corrected chi connectivity index (χ3v) is 3.07. The third-order valence-electron chi connectivity index (χ3n) is 2.44. The van der Waals surface area contributed by atoms with Crippen molar-refractivity contribution in [3.05, 3.63) is 41.7 Å². The largest absolute Gasteiger partial charge is 0.543 e. The first-order chi connectivity index (χ1) is 11.1. The molecule has 0 aliphatic rings. The third kappa shape index (κ3) is 4.74. The second kappa shape index (κ2) is 7.84. The van der Waals surface area contributed by atoms with E-state index in [1.807, 2.05) is 30.3 Å². The van der Waals surface area contributed by atoms with E-state index in [9.17, 15) is 14.7 Å². The number of hydrogen-bond donors (Lipinski definition) is 1. The van der Waals surface area contributed by atoms with Crippen LogP contribution in [0.4, 0.5) is 9.93 Å². The Morgan fingerprint density at radius 2 is 2.09 bits per heavy atom. The van der Waals surface area contributed by atoms with E-state index >= 15 is 0 Å². The highest BCUT2D eigenvalue weighted by Crippen LogP contribution is 2.12. The molecular formula is C13H11N4O5S-. The topological polar surface area (TPSA) is 126 Å². The summed E-state index contributed by atoms with van der Waals surface area (Å²) in [5.74, 6) is -1.82. The molecule has 0 fully saturated rings. The van der Waals surface area contributed by atoms with E-state index in [0.717, 1.165) is 17.1 Å². The second-order valence-electron chi connectivity index (χ2n) is 4.02. The summed E-state index contributed by atoms with van der Waals surface area (Å²) in [7, 11) is 1.18. The maximum absolute atomic E-state index is 11.6. The zero-order valence-corrected chi connectivity index (χ0v) is 12.7. The van der Waals surface area contributed by atoms with Gasteiger partial charge in [-0.15, -0.1) is 0 Å². The Kier molecular flexibility index (Phi) is 5.58. The maximum Gasteiger partial charge on any atom is 0.413 e. The number of carbonyl (C=O) groups excluding carboxylic acids is 2. The number of anilines is 1. The van der Waals surface area contributed by atoms with Crippen molar-refractivity contribution in [2.75, 3.05) is 12.4 Å². The molecular weight excluding hydrogens is 324 g/mol. The molecule has 1 N–H and O–H groups in total. The van der Waals surface area contributed by atoms with Crippen LogP contribution >= 0.6 is 11.5 Å². The molecule has 2 aromatic rings.